The van der Waals surface area contributed by atoms with Crippen molar-refractivity contribution in [1.29, 1.82) is 0 Å². The molecule has 13 heteroatoms. The van der Waals surface area contributed by atoms with Gasteiger partial charge in [0.05, 0.1) is 13.2 Å². The van der Waals surface area contributed by atoms with E-state index < -0.39 is 80.6 Å². The lowest BCUT2D eigenvalue weighted by Crippen LogP contribution is -2.64. The van der Waals surface area contributed by atoms with Crippen molar-refractivity contribution in [3.63, 3.8) is 0 Å². The Morgan fingerprint density at radius 3 is 2.07 bits per heavy atom. The molecule has 0 amide bonds. The fraction of sp³-hybridized carbons (Fsp3) is 0.933. The maximum Gasteiger partial charge on any atom is 0.329 e. The number of hydrogen-bond acceptors (Lipinski definition) is 12. The number of methoxy groups -OCH3 is 1. The summed E-state index contributed by atoms with van der Waals surface area (Å²) in [4.78, 5) is 10.8. The van der Waals surface area contributed by atoms with Crippen LogP contribution in [0.4, 0.5) is 0 Å². The first-order valence-corrected chi connectivity index (χ1v) is 8.51. The molecular weight excluding hydrogens is 388 g/mol. The van der Waals surface area contributed by atoms with Crippen LogP contribution in [0.2, 0.25) is 0 Å². The predicted molar refractivity (Wildman–Crippen MR) is 84.8 cm³/mol. The predicted octanol–water partition coefficient (Wildman–Crippen LogP) is -4.63. The zero-order chi connectivity index (χ0) is 21.0. The maximum absolute atomic E-state index is 10.8. The van der Waals surface area contributed by atoms with Gasteiger partial charge in [-0.25, -0.2) is 4.79 Å². The van der Waals surface area contributed by atoms with Crippen LogP contribution in [0.3, 0.4) is 0 Å². The van der Waals surface area contributed by atoms with Crippen LogP contribution in [0.25, 0.3) is 0 Å². The van der Waals surface area contributed by atoms with E-state index >= 15 is 0 Å². The number of aliphatic hydroxyl groups excluding tert-OH is 6. The SMILES string of the molecule is COCC1O[C@@H](O[C@@H]2C(OCC(=O)O)OC(CO)[C@@H](O)C2O)[C@@H](O)C(O)[C@@H]1O. The van der Waals surface area contributed by atoms with Crippen molar-refractivity contribution < 1.29 is 64.2 Å². The highest BCUT2D eigenvalue weighted by Crippen LogP contribution is 2.29. The summed E-state index contributed by atoms with van der Waals surface area (Å²) in [6, 6.07) is 0. The Morgan fingerprint density at radius 1 is 0.893 bits per heavy atom. The molecule has 10 atom stereocenters. The molecule has 2 aliphatic heterocycles. The van der Waals surface area contributed by atoms with Gasteiger partial charge < -0.3 is 59.4 Å². The van der Waals surface area contributed by atoms with E-state index in [-0.39, 0.29) is 6.61 Å². The van der Waals surface area contributed by atoms with Crippen molar-refractivity contribution in [3.05, 3.63) is 0 Å². The summed E-state index contributed by atoms with van der Waals surface area (Å²) < 4.78 is 25.9. The molecule has 0 spiro atoms. The normalized spacial score (nSPS) is 44.4. The minimum absolute atomic E-state index is 0.150. The van der Waals surface area contributed by atoms with Gasteiger partial charge in [0.15, 0.2) is 12.6 Å². The molecule has 0 aromatic rings. The summed E-state index contributed by atoms with van der Waals surface area (Å²) in [5.74, 6) is -1.35. The third-order valence-electron chi connectivity index (χ3n) is 4.49. The van der Waals surface area contributed by atoms with Crippen molar-refractivity contribution in [2.75, 3.05) is 26.9 Å². The average Bonchev–Trinajstić information content (AvgIpc) is 2.66. The van der Waals surface area contributed by atoms with Crippen LogP contribution in [0.15, 0.2) is 0 Å². The highest BCUT2D eigenvalue weighted by Gasteiger charge is 2.51. The molecule has 0 bridgehead atoms. The summed E-state index contributed by atoms with van der Waals surface area (Å²) in [5, 5.41) is 68.4. The number of aliphatic carboxylic acids is 1. The molecule has 0 radical (unpaired) electrons. The Bertz CT molecular complexity index is 504. The van der Waals surface area contributed by atoms with E-state index in [2.05, 4.69) is 0 Å². The van der Waals surface area contributed by atoms with Crippen LogP contribution >= 0.6 is 0 Å². The largest absolute Gasteiger partial charge is 0.480 e. The second kappa shape index (κ2) is 10.2. The average molecular weight is 414 g/mol. The van der Waals surface area contributed by atoms with Crippen LogP contribution in [0.1, 0.15) is 0 Å². The standard InChI is InChI=1S/C15H26O13/c1-24-3-6-9(20)10(21)12(23)14(27-6)28-13-11(22)8(19)5(2-16)26-15(13)25-4-7(17)18/h5-6,8-16,19-23H,2-4H2,1H3,(H,17,18)/t5?,6?,8-,9-,10?,11?,12+,13+,14+,15?/m1/s1. The monoisotopic (exact) mass is 414 g/mol. The first kappa shape index (κ1) is 23.3. The molecule has 28 heavy (non-hydrogen) atoms. The van der Waals surface area contributed by atoms with Gasteiger partial charge in [0.2, 0.25) is 0 Å². The molecule has 2 heterocycles. The third-order valence-corrected chi connectivity index (χ3v) is 4.49. The van der Waals surface area contributed by atoms with Crippen molar-refractivity contribution in [3.8, 4) is 0 Å². The number of carbonyl (C=O) groups is 1. The van der Waals surface area contributed by atoms with Gasteiger partial charge in [-0.1, -0.05) is 0 Å². The quantitative estimate of drug-likeness (QED) is 0.200. The second-order valence-electron chi connectivity index (χ2n) is 6.48. The van der Waals surface area contributed by atoms with E-state index in [9.17, 15) is 35.4 Å². The van der Waals surface area contributed by atoms with Crippen LogP contribution in [-0.4, -0.2) is 130 Å². The molecule has 0 saturated carbocycles. The van der Waals surface area contributed by atoms with Gasteiger partial charge in [-0.2, -0.15) is 0 Å². The van der Waals surface area contributed by atoms with Gasteiger partial charge in [-0.15, -0.1) is 0 Å². The topological polar surface area (TPSA) is 205 Å². The Kier molecular flexibility index (Phi) is 8.47. The molecule has 2 rings (SSSR count). The number of rotatable bonds is 8. The van der Waals surface area contributed by atoms with Gasteiger partial charge in [0.25, 0.3) is 0 Å². The summed E-state index contributed by atoms with van der Waals surface area (Å²) in [7, 11) is 1.32. The smallest absolute Gasteiger partial charge is 0.329 e. The molecule has 13 nitrogen and oxygen atoms in total. The van der Waals surface area contributed by atoms with Crippen LogP contribution in [0.5, 0.6) is 0 Å². The summed E-state index contributed by atoms with van der Waals surface area (Å²) in [6.45, 7) is -1.68. The highest BCUT2D eigenvalue weighted by atomic mass is 16.8. The molecule has 0 aromatic heterocycles. The molecule has 7 N–H and O–H groups in total. The molecule has 2 fully saturated rings. The first-order valence-electron chi connectivity index (χ1n) is 8.51. The first-order chi connectivity index (χ1) is 13.2. The number of carboxylic acids is 1. The number of carboxylic acid groups (broad SMARTS) is 1. The zero-order valence-electron chi connectivity index (χ0n) is 15.0. The van der Waals surface area contributed by atoms with E-state index in [1.54, 1.807) is 0 Å². The number of aliphatic hydroxyl groups is 6. The van der Waals surface area contributed by atoms with Crippen LogP contribution < -0.4 is 0 Å². The number of ether oxygens (including phenoxy) is 5. The third kappa shape index (κ3) is 5.14. The minimum atomic E-state index is -1.75. The van der Waals surface area contributed by atoms with Gasteiger partial charge in [0, 0.05) is 7.11 Å². The zero-order valence-corrected chi connectivity index (χ0v) is 15.0. The van der Waals surface area contributed by atoms with Gasteiger partial charge >= 0.3 is 5.97 Å². The van der Waals surface area contributed by atoms with Crippen molar-refractivity contribution in [1.82, 2.24) is 0 Å². The lowest BCUT2D eigenvalue weighted by atomic mass is 9.97. The van der Waals surface area contributed by atoms with E-state index in [4.69, 9.17) is 28.8 Å². The fourth-order valence-electron chi connectivity index (χ4n) is 2.97. The molecule has 2 saturated heterocycles. The Morgan fingerprint density at radius 2 is 1.50 bits per heavy atom. The molecule has 0 aliphatic carbocycles. The van der Waals surface area contributed by atoms with Crippen molar-refractivity contribution >= 4 is 5.97 Å². The fourth-order valence-corrected chi connectivity index (χ4v) is 2.97. The maximum atomic E-state index is 10.8. The molecule has 0 aromatic carbocycles. The van der Waals surface area contributed by atoms with Crippen molar-refractivity contribution in [2.24, 2.45) is 0 Å². The van der Waals surface area contributed by atoms with E-state index in [1.165, 1.54) is 7.11 Å². The Labute approximate surface area is 159 Å². The van der Waals surface area contributed by atoms with Gasteiger partial charge in [0.1, 0.15) is 55.4 Å². The van der Waals surface area contributed by atoms with Crippen molar-refractivity contribution in [2.45, 2.75) is 61.4 Å². The number of hydrogen-bond donors (Lipinski definition) is 7. The van der Waals surface area contributed by atoms with Gasteiger partial charge in [-0.3, -0.25) is 0 Å². The molecule has 2 aliphatic rings. The van der Waals surface area contributed by atoms with Gasteiger partial charge in [-0.05, 0) is 0 Å². The minimum Gasteiger partial charge on any atom is -0.480 e. The Hall–Kier alpha value is -0.970. The van der Waals surface area contributed by atoms with Crippen LogP contribution in [0, 0.1) is 0 Å². The highest BCUT2D eigenvalue weighted by molar-refractivity contribution is 5.68. The molecular formula is C15H26O13. The summed E-state index contributed by atoms with van der Waals surface area (Å²) in [5.41, 5.74) is 0. The van der Waals surface area contributed by atoms with E-state index in [1.807, 2.05) is 0 Å². The van der Waals surface area contributed by atoms with E-state index in [0.29, 0.717) is 0 Å². The molecule has 164 valence electrons. The Balaban J connectivity index is 2.17. The summed E-state index contributed by atoms with van der Waals surface area (Å²) in [6.07, 6.45) is -15.3. The second-order valence-corrected chi connectivity index (χ2v) is 6.48. The van der Waals surface area contributed by atoms with Crippen LogP contribution in [-0.2, 0) is 28.5 Å². The molecule has 5 unspecified atom stereocenters. The lowest BCUT2D eigenvalue weighted by Gasteiger charge is -2.45. The lowest BCUT2D eigenvalue weighted by molar-refractivity contribution is -0.367. The van der Waals surface area contributed by atoms with E-state index in [0.717, 1.165) is 0 Å². The summed E-state index contributed by atoms with van der Waals surface area (Å²) >= 11 is 0.